The summed E-state index contributed by atoms with van der Waals surface area (Å²) in [5.41, 5.74) is 1.76. The van der Waals surface area contributed by atoms with Crippen molar-refractivity contribution in [2.45, 2.75) is 26.8 Å². The van der Waals surface area contributed by atoms with E-state index >= 15 is 0 Å². The maximum Gasteiger partial charge on any atom is 0.244 e. The van der Waals surface area contributed by atoms with Gasteiger partial charge in [-0.1, -0.05) is 6.92 Å². The maximum absolute atomic E-state index is 11.9. The number of carbonyl (C=O) groups excluding carboxylic acids is 1. The number of carbonyl (C=O) groups is 1. The SMILES string of the molecule is CCc1cn(CC(=O)Nc2ccncc2)c(C)n1. The molecule has 0 aliphatic carbocycles. The van der Waals surface area contributed by atoms with Crippen LogP contribution in [0.4, 0.5) is 5.69 Å². The van der Waals surface area contributed by atoms with Crippen LogP contribution >= 0.6 is 0 Å². The second kappa shape index (κ2) is 5.44. The standard InChI is InChI=1S/C13H16N4O/c1-3-11-8-17(10(2)15-11)9-13(18)16-12-4-6-14-7-5-12/h4-8H,3,9H2,1-2H3,(H,14,16,18). The van der Waals surface area contributed by atoms with E-state index in [2.05, 4.69) is 15.3 Å². The van der Waals surface area contributed by atoms with E-state index < -0.39 is 0 Å². The molecule has 0 atom stereocenters. The van der Waals surface area contributed by atoms with Gasteiger partial charge in [-0.2, -0.15) is 0 Å². The number of hydrogen-bond acceptors (Lipinski definition) is 3. The van der Waals surface area contributed by atoms with Crippen molar-refractivity contribution >= 4 is 11.6 Å². The molecule has 0 saturated heterocycles. The number of imidazole rings is 1. The summed E-state index contributed by atoms with van der Waals surface area (Å²) in [5, 5.41) is 2.82. The molecule has 18 heavy (non-hydrogen) atoms. The fraction of sp³-hybridized carbons (Fsp3) is 0.308. The van der Waals surface area contributed by atoms with Gasteiger partial charge in [-0.15, -0.1) is 0 Å². The van der Waals surface area contributed by atoms with Crippen LogP contribution in [0.5, 0.6) is 0 Å². The molecule has 0 fully saturated rings. The van der Waals surface area contributed by atoms with Gasteiger partial charge in [-0.05, 0) is 25.5 Å². The normalized spacial score (nSPS) is 10.3. The lowest BCUT2D eigenvalue weighted by atomic mass is 10.4. The van der Waals surface area contributed by atoms with E-state index in [-0.39, 0.29) is 12.5 Å². The molecule has 0 saturated carbocycles. The number of pyridine rings is 1. The third kappa shape index (κ3) is 2.94. The molecular weight excluding hydrogens is 228 g/mol. The minimum Gasteiger partial charge on any atom is -0.325 e. The minimum absolute atomic E-state index is 0.0654. The van der Waals surface area contributed by atoms with Crippen molar-refractivity contribution in [3.8, 4) is 0 Å². The molecular formula is C13H16N4O. The first-order valence-electron chi connectivity index (χ1n) is 5.91. The van der Waals surface area contributed by atoms with Crippen LogP contribution in [0.2, 0.25) is 0 Å². The van der Waals surface area contributed by atoms with Gasteiger partial charge >= 0.3 is 0 Å². The average molecular weight is 244 g/mol. The van der Waals surface area contributed by atoms with E-state index in [1.807, 2.05) is 24.6 Å². The Bertz CT molecular complexity index is 533. The zero-order valence-corrected chi connectivity index (χ0v) is 10.6. The van der Waals surface area contributed by atoms with Crippen molar-refractivity contribution in [3.63, 3.8) is 0 Å². The van der Waals surface area contributed by atoms with E-state index in [0.717, 1.165) is 23.6 Å². The minimum atomic E-state index is -0.0654. The second-order valence-corrected chi connectivity index (χ2v) is 4.04. The molecule has 0 spiro atoms. The Hall–Kier alpha value is -2.17. The predicted octanol–water partition coefficient (Wildman–Crippen LogP) is 1.79. The smallest absolute Gasteiger partial charge is 0.244 e. The van der Waals surface area contributed by atoms with Crippen molar-refractivity contribution < 1.29 is 4.79 Å². The summed E-state index contributed by atoms with van der Waals surface area (Å²) in [6, 6.07) is 3.52. The van der Waals surface area contributed by atoms with Crippen LogP contribution in [0, 0.1) is 6.92 Å². The monoisotopic (exact) mass is 244 g/mol. The van der Waals surface area contributed by atoms with Crippen LogP contribution in [0.25, 0.3) is 0 Å². The van der Waals surface area contributed by atoms with E-state index in [9.17, 15) is 4.79 Å². The number of aromatic nitrogens is 3. The topological polar surface area (TPSA) is 59.8 Å². The van der Waals surface area contributed by atoms with Crippen molar-refractivity contribution in [2.75, 3.05) is 5.32 Å². The number of anilines is 1. The summed E-state index contributed by atoms with van der Waals surface area (Å²) in [4.78, 5) is 20.1. The zero-order valence-electron chi connectivity index (χ0n) is 10.6. The Balaban J connectivity index is 2.01. The molecule has 2 rings (SSSR count). The first-order chi connectivity index (χ1) is 8.69. The quantitative estimate of drug-likeness (QED) is 0.892. The Morgan fingerprint density at radius 2 is 2.11 bits per heavy atom. The van der Waals surface area contributed by atoms with Gasteiger partial charge in [-0.25, -0.2) is 4.98 Å². The fourth-order valence-corrected chi connectivity index (χ4v) is 1.70. The Morgan fingerprint density at radius 3 is 2.72 bits per heavy atom. The summed E-state index contributed by atoms with van der Waals surface area (Å²) in [5.74, 6) is 0.793. The van der Waals surface area contributed by atoms with E-state index in [1.54, 1.807) is 24.5 Å². The molecule has 94 valence electrons. The summed E-state index contributed by atoms with van der Waals surface area (Å²) < 4.78 is 1.86. The number of nitrogens with zero attached hydrogens (tertiary/aromatic N) is 3. The Kier molecular flexibility index (Phi) is 3.72. The van der Waals surface area contributed by atoms with Crippen LogP contribution in [-0.4, -0.2) is 20.4 Å². The highest BCUT2D eigenvalue weighted by molar-refractivity contribution is 5.90. The van der Waals surface area contributed by atoms with Crippen molar-refractivity contribution in [1.29, 1.82) is 0 Å². The third-order valence-electron chi connectivity index (χ3n) is 2.67. The first-order valence-corrected chi connectivity index (χ1v) is 5.91. The maximum atomic E-state index is 11.9. The highest BCUT2D eigenvalue weighted by Gasteiger charge is 2.07. The molecule has 0 bridgehead atoms. The lowest BCUT2D eigenvalue weighted by molar-refractivity contribution is -0.116. The van der Waals surface area contributed by atoms with Gasteiger partial charge in [-0.3, -0.25) is 9.78 Å². The van der Waals surface area contributed by atoms with E-state index in [1.165, 1.54) is 0 Å². The molecule has 5 heteroatoms. The molecule has 1 amide bonds. The molecule has 0 aliphatic heterocycles. The molecule has 0 aromatic carbocycles. The largest absolute Gasteiger partial charge is 0.325 e. The van der Waals surface area contributed by atoms with E-state index in [0.29, 0.717) is 0 Å². The van der Waals surface area contributed by atoms with Crippen LogP contribution in [0.1, 0.15) is 18.4 Å². The predicted molar refractivity (Wildman–Crippen MR) is 69.2 cm³/mol. The number of nitrogens with one attached hydrogen (secondary N) is 1. The van der Waals surface area contributed by atoms with E-state index in [4.69, 9.17) is 0 Å². The molecule has 2 heterocycles. The van der Waals surface area contributed by atoms with Crippen molar-refractivity contribution in [2.24, 2.45) is 0 Å². The summed E-state index contributed by atoms with van der Waals surface area (Å²) in [6.07, 6.45) is 6.09. The first kappa shape index (κ1) is 12.3. The fourth-order valence-electron chi connectivity index (χ4n) is 1.70. The molecule has 0 radical (unpaired) electrons. The molecule has 0 unspecified atom stereocenters. The Labute approximate surface area is 106 Å². The van der Waals surface area contributed by atoms with Crippen molar-refractivity contribution in [1.82, 2.24) is 14.5 Å². The third-order valence-corrected chi connectivity index (χ3v) is 2.67. The van der Waals surface area contributed by atoms with Crippen LogP contribution in [0.15, 0.2) is 30.7 Å². The molecule has 0 aliphatic rings. The second-order valence-electron chi connectivity index (χ2n) is 4.04. The summed E-state index contributed by atoms with van der Waals surface area (Å²) in [6.45, 7) is 4.23. The molecule has 2 aromatic heterocycles. The van der Waals surface area contributed by atoms with Gasteiger partial charge in [0.1, 0.15) is 12.4 Å². The number of hydrogen-bond donors (Lipinski definition) is 1. The van der Waals surface area contributed by atoms with Crippen molar-refractivity contribution in [3.05, 3.63) is 42.2 Å². The number of amides is 1. The molecule has 1 N–H and O–H groups in total. The summed E-state index contributed by atoms with van der Waals surface area (Å²) >= 11 is 0. The van der Waals surface area contributed by atoms with Gasteiger partial charge in [0.2, 0.25) is 5.91 Å². The summed E-state index contributed by atoms with van der Waals surface area (Å²) in [7, 11) is 0. The molecule has 5 nitrogen and oxygen atoms in total. The lowest BCUT2D eigenvalue weighted by Crippen LogP contribution is -2.19. The average Bonchev–Trinajstić information content (AvgIpc) is 2.71. The van der Waals surface area contributed by atoms with Gasteiger partial charge in [0, 0.05) is 24.3 Å². The van der Waals surface area contributed by atoms with Gasteiger partial charge in [0.15, 0.2) is 0 Å². The Morgan fingerprint density at radius 1 is 1.39 bits per heavy atom. The molecule has 2 aromatic rings. The van der Waals surface area contributed by atoms with Crippen LogP contribution in [-0.2, 0) is 17.8 Å². The lowest BCUT2D eigenvalue weighted by Gasteiger charge is -2.06. The van der Waals surface area contributed by atoms with Crippen LogP contribution in [0.3, 0.4) is 0 Å². The van der Waals surface area contributed by atoms with Crippen LogP contribution < -0.4 is 5.32 Å². The van der Waals surface area contributed by atoms with Gasteiger partial charge in [0.25, 0.3) is 0 Å². The number of aryl methyl sites for hydroxylation is 2. The highest BCUT2D eigenvalue weighted by atomic mass is 16.1. The van der Waals surface area contributed by atoms with Gasteiger partial charge < -0.3 is 9.88 Å². The van der Waals surface area contributed by atoms with Gasteiger partial charge in [0.05, 0.1) is 5.69 Å². The zero-order chi connectivity index (χ0) is 13.0. The highest BCUT2D eigenvalue weighted by Crippen LogP contribution is 2.06. The number of rotatable bonds is 4.